The van der Waals surface area contributed by atoms with E-state index >= 15 is 0 Å². The molecule has 2 rings (SSSR count). The summed E-state index contributed by atoms with van der Waals surface area (Å²) in [6, 6.07) is 10.8. The number of rotatable bonds is 5. The van der Waals surface area contributed by atoms with Crippen LogP contribution in [0, 0.1) is 12.7 Å². The van der Waals surface area contributed by atoms with Crippen LogP contribution in [-0.2, 0) is 13.0 Å². The molecule has 0 aromatic heterocycles. The second kappa shape index (κ2) is 7.05. The van der Waals surface area contributed by atoms with Crippen molar-refractivity contribution in [1.82, 2.24) is 0 Å². The molecular formula is C17H19BrFNO. The molecule has 2 N–H and O–H groups in total. The molecule has 0 aliphatic carbocycles. The minimum absolute atomic E-state index is 0.130. The second-order valence-electron chi connectivity index (χ2n) is 5.31. The summed E-state index contributed by atoms with van der Waals surface area (Å²) in [5.41, 5.74) is 8.83. The van der Waals surface area contributed by atoms with Gasteiger partial charge >= 0.3 is 0 Å². The van der Waals surface area contributed by atoms with Gasteiger partial charge in [0.25, 0.3) is 0 Å². The highest BCUT2D eigenvalue weighted by Crippen LogP contribution is 2.27. The minimum Gasteiger partial charge on any atom is -0.488 e. The Morgan fingerprint density at radius 1 is 1.24 bits per heavy atom. The van der Waals surface area contributed by atoms with Crippen LogP contribution in [0.4, 0.5) is 4.39 Å². The van der Waals surface area contributed by atoms with Crippen LogP contribution in [0.2, 0.25) is 0 Å². The number of hydrogen-bond donors (Lipinski definition) is 1. The fourth-order valence-corrected chi connectivity index (χ4v) is 2.68. The van der Waals surface area contributed by atoms with Crippen LogP contribution >= 0.6 is 15.9 Å². The van der Waals surface area contributed by atoms with Crippen LogP contribution in [0.1, 0.15) is 23.6 Å². The first-order valence-electron chi connectivity index (χ1n) is 6.87. The van der Waals surface area contributed by atoms with E-state index in [2.05, 4.69) is 15.9 Å². The second-order valence-corrected chi connectivity index (χ2v) is 6.16. The SMILES string of the molecule is Cc1cc(F)ccc1COc1ccc(CC(C)N)cc1Br. The Morgan fingerprint density at radius 2 is 2.00 bits per heavy atom. The van der Waals surface area contributed by atoms with Crippen molar-refractivity contribution in [2.24, 2.45) is 5.73 Å². The summed E-state index contributed by atoms with van der Waals surface area (Å²) in [7, 11) is 0. The van der Waals surface area contributed by atoms with Gasteiger partial charge in [-0.25, -0.2) is 4.39 Å². The van der Waals surface area contributed by atoms with Crippen LogP contribution < -0.4 is 10.5 Å². The fraction of sp³-hybridized carbons (Fsp3) is 0.294. The maximum absolute atomic E-state index is 13.1. The molecule has 1 atom stereocenters. The van der Waals surface area contributed by atoms with Crippen LogP contribution in [0.3, 0.4) is 0 Å². The average Bonchev–Trinajstić information content (AvgIpc) is 2.39. The number of aryl methyl sites for hydroxylation is 1. The zero-order valence-electron chi connectivity index (χ0n) is 12.2. The topological polar surface area (TPSA) is 35.2 Å². The zero-order valence-corrected chi connectivity index (χ0v) is 13.8. The molecular weight excluding hydrogens is 333 g/mol. The zero-order chi connectivity index (χ0) is 15.4. The molecule has 1 unspecified atom stereocenters. The molecule has 0 saturated heterocycles. The summed E-state index contributed by atoms with van der Waals surface area (Å²) in [6.07, 6.45) is 0.829. The molecule has 2 nitrogen and oxygen atoms in total. The molecule has 2 aromatic rings. The van der Waals surface area contributed by atoms with E-state index in [0.29, 0.717) is 6.61 Å². The van der Waals surface area contributed by atoms with E-state index in [1.807, 2.05) is 32.0 Å². The van der Waals surface area contributed by atoms with Gasteiger partial charge in [-0.15, -0.1) is 0 Å². The molecule has 0 aliphatic heterocycles. The molecule has 112 valence electrons. The molecule has 0 heterocycles. The van der Waals surface area contributed by atoms with E-state index in [4.69, 9.17) is 10.5 Å². The minimum atomic E-state index is -0.224. The van der Waals surface area contributed by atoms with Crippen LogP contribution in [-0.4, -0.2) is 6.04 Å². The summed E-state index contributed by atoms with van der Waals surface area (Å²) >= 11 is 3.51. The Hall–Kier alpha value is -1.39. The molecule has 0 saturated carbocycles. The van der Waals surface area contributed by atoms with E-state index in [9.17, 15) is 4.39 Å². The number of nitrogens with two attached hydrogens (primary N) is 1. The first-order chi connectivity index (χ1) is 9.95. The quantitative estimate of drug-likeness (QED) is 0.868. The number of halogens is 2. The maximum Gasteiger partial charge on any atom is 0.134 e. The third-order valence-corrected chi connectivity index (χ3v) is 3.86. The Bertz CT molecular complexity index is 628. The lowest BCUT2D eigenvalue weighted by atomic mass is 10.1. The van der Waals surface area contributed by atoms with Crippen molar-refractivity contribution in [3.05, 3.63) is 63.4 Å². The highest BCUT2D eigenvalue weighted by atomic mass is 79.9. The monoisotopic (exact) mass is 351 g/mol. The van der Waals surface area contributed by atoms with Crippen molar-refractivity contribution in [2.45, 2.75) is 32.9 Å². The van der Waals surface area contributed by atoms with Gasteiger partial charge in [-0.2, -0.15) is 0 Å². The van der Waals surface area contributed by atoms with Crippen molar-refractivity contribution < 1.29 is 9.13 Å². The number of hydrogen-bond acceptors (Lipinski definition) is 2. The third kappa shape index (κ3) is 4.55. The van der Waals surface area contributed by atoms with E-state index in [-0.39, 0.29) is 11.9 Å². The molecule has 0 bridgehead atoms. The van der Waals surface area contributed by atoms with Gasteiger partial charge in [0, 0.05) is 6.04 Å². The number of benzene rings is 2. The Kier molecular flexibility index (Phi) is 5.37. The lowest BCUT2D eigenvalue weighted by molar-refractivity contribution is 0.303. The normalized spacial score (nSPS) is 12.2. The van der Waals surface area contributed by atoms with Gasteiger partial charge in [-0.05, 0) is 77.2 Å². The predicted octanol–water partition coefficient (Wildman–Crippen LogP) is 4.37. The summed E-state index contributed by atoms with van der Waals surface area (Å²) in [4.78, 5) is 0. The van der Waals surface area contributed by atoms with Crippen molar-refractivity contribution in [2.75, 3.05) is 0 Å². The van der Waals surface area contributed by atoms with Gasteiger partial charge < -0.3 is 10.5 Å². The van der Waals surface area contributed by atoms with Crippen LogP contribution in [0.15, 0.2) is 40.9 Å². The van der Waals surface area contributed by atoms with Gasteiger partial charge in [-0.1, -0.05) is 12.1 Å². The molecule has 0 spiro atoms. The predicted molar refractivity (Wildman–Crippen MR) is 87.0 cm³/mol. The molecule has 0 aliphatic rings. The smallest absolute Gasteiger partial charge is 0.134 e. The molecule has 4 heteroatoms. The molecule has 0 amide bonds. The third-order valence-electron chi connectivity index (χ3n) is 3.24. The standard InChI is InChI=1S/C17H19BrFNO/c1-11-7-15(19)5-4-14(11)10-21-17-6-3-13(8-12(2)20)9-16(17)18/h3-7,9,12H,8,10,20H2,1-2H3. The lowest BCUT2D eigenvalue weighted by Crippen LogP contribution is -2.17. The van der Waals surface area contributed by atoms with Crippen LogP contribution in [0.25, 0.3) is 0 Å². The van der Waals surface area contributed by atoms with E-state index in [0.717, 1.165) is 27.8 Å². The highest BCUT2D eigenvalue weighted by Gasteiger charge is 2.06. The first-order valence-corrected chi connectivity index (χ1v) is 7.67. The Morgan fingerprint density at radius 3 is 2.62 bits per heavy atom. The van der Waals surface area contributed by atoms with Gasteiger partial charge in [0.15, 0.2) is 0 Å². The molecule has 2 aromatic carbocycles. The largest absolute Gasteiger partial charge is 0.488 e. The summed E-state index contributed by atoms with van der Waals surface area (Å²) in [5, 5.41) is 0. The van der Waals surface area contributed by atoms with Crippen molar-refractivity contribution in [1.29, 1.82) is 0 Å². The first kappa shape index (κ1) is 16.0. The van der Waals surface area contributed by atoms with Crippen molar-refractivity contribution in [3.8, 4) is 5.75 Å². The van der Waals surface area contributed by atoms with E-state index in [1.54, 1.807) is 6.07 Å². The van der Waals surface area contributed by atoms with Gasteiger partial charge in [0.1, 0.15) is 18.2 Å². The van der Waals surface area contributed by atoms with E-state index < -0.39 is 0 Å². The van der Waals surface area contributed by atoms with Gasteiger partial charge in [0.2, 0.25) is 0 Å². The van der Waals surface area contributed by atoms with Crippen LogP contribution in [0.5, 0.6) is 5.75 Å². The maximum atomic E-state index is 13.1. The Labute approximate surface area is 133 Å². The summed E-state index contributed by atoms with van der Waals surface area (Å²) in [5.74, 6) is 0.546. The molecule has 21 heavy (non-hydrogen) atoms. The van der Waals surface area contributed by atoms with Crippen molar-refractivity contribution in [3.63, 3.8) is 0 Å². The molecule has 0 fully saturated rings. The summed E-state index contributed by atoms with van der Waals surface area (Å²) < 4.78 is 19.8. The summed E-state index contributed by atoms with van der Waals surface area (Å²) in [6.45, 7) is 4.27. The van der Waals surface area contributed by atoms with Gasteiger partial charge in [-0.3, -0.25) is 0 Å². The lowest BCUT2D eigenvalue weighted by Gasteiger charge is -2.12. The van der Waals surface area contributed by atoms with Gasteiger partial charge in [0.05, 0.1) is 4.47 Å². The van der Waals surface area contributed by atoms with Crippen molar-refractivity contribution >= 4 is 15.9 Å². The Balaban J connectivity index is 2.06. The fourth-order valence-electron chi connectivity index (χ4n) is 2.14. The highest BCUT2D eigenvalue weighted by molar-refractivity contribution is 9.10. The van der Waals surface area contributed by atoms with E-state index in [1.165, 1.54) is 17.7 Å². The number of ether oxygens (including phenoxy) is 1. The average molecular weight is 352 g/mol. The molecule has 0 radical (unpaired) electrons.